The van der Waals surface area contributed by atoms with E-state index in [1.54, 1.807) is 46.6 Å². The summed E-state index contributed by atoms with van der Waals surface area (Å²) in [6.07, 6.45) is 2.12. The van der Waals surface area contributed by atoms with Gasteiger partial charge in [0.05, 0.1) is 36.0 Å². The number of fused-ring (bicyclic) bond motifs is 2. The maximum Gasteiger partial charge on any atom is 0.276 e. The number of aryl methyl sites for hydroxylation is 6. The first-order valence-electron chi connectivity index (χ1n) is 17.5. The number of rotatable bonds is 15. The van der Waals surface area contributed by atoms with E-state index >= 15 is 0 Å². The Morgan fingerprint density at radius 3 is 2.35 bits per heavy atom. The van der Waals surface area contributed by atoms with Crippen LogP contribution in [0.1, 0.15) is 90.9 Å². The average Bonchev–Trinajstić information content (AvgIpc) is 3.91. The molecule has 0 aliphatic heterocycles. The minimum Gasteiger partial charge on any atom is -0.494 e. The van der Waals surface area contributed by atoms with E-state index < -0.39 is 11.8 Å². The number of H-pyrrole nitrogens is 2. The number of hydrogen-bond donors (Lipinski definition) is 6. The fourth-order valence-electron chi connectivity index (χ4n) is 6.58. The molecule has 0 saturated carbocycles. The molecule has 0 radical (unpaired) electrons. The minimum absolute atomic E-state index is 0.191. The molecule has 17 nitrogen and oxygen atoms in total. The fraction of sp³-hybridized carbons (Fsp3) is 0.324. The zero-order valence-electron chi connectivity index (χ0n) is 31.0. The van der Waals surface area contributed by atoms with Gasteiger partial charge in [-0.1, -0.05) is 6.92 Å². The van der Waals surface area contributed by atoms with Crippen LogP contribution in [0.4, 0.5) is 11.9 Å². The minimum atomic E-state index is -0.661. The van der Waals surface area contributed by atoms with Crippen molar-refractivity contribution in [1.82, 2.24) is 34.3 Å². The molecular weight excluding hydrogens is 694 g/mol. The van der Waals surface area contributed by atoms with E-state index in [9.17, 15) is 19.2 Å². The highest BCUT2D eigenvalue weighted by molar-refractivity contribution is 6.07. The van der Waals surface area contributed by atoms with Crippen LogP contribution in [0.25, 0.3) is 22.1 Å². The van der Waals surface area contributed by atoms with Gasteiger partial charge in [-0.3, -0.25) is 34.5 Å². The van der Waals surface area contributed by atoms with Crippen LogP contribution in [-0.4, -0.2) is 71.6 Å². The first-order valence-corrected chi connectivity index (χ1v) is 17.5. The Kier molecular flexibility index (Phi) is 10.4. The topological polar surface area (TPSA) is 243 Å². The van der Waals surface area contributed by atoms with E-state index in [0.717, 1.165) is 11.4 Å². The summed E-state index contributed by atoms with van der Waals surface area (Å²) >= 11 is 0. The van der Waals surface area contributed by atoms with Crippen molar-refractivity contribution in [3.63, 3.8) is 0 Å². The lowest BCUT2D eigenvalue weighted by Gasteiger charge is -2.12. The lowest BCUT2D eigenvalue weighted by molar-refractivity contribution is 0.0991. The van der Waals surface area contributed by atoms with Crippen LogP contribution >= 0.6 is 0 Å². The molecule has 0 atom stereocenters. The molecule has 0 bridgehead atoms. The van der Waals surface area contributed by atoms with Gasteiger partial charge in [-0.25, -0.2) is 9.97 Å². The number of nitrogens with two attached hydrogens (primary N) is 2. The molecule has 4 aromatic heterocycles. The van der Waals surface area contributed by atoms with Crippen LogP contribution in [0.2, 0.25) is 0 Å². The van der Waals surface area contributed by atoms with Gasteiger partial charge in [-0.05, 0) is 82.3 Å². The van der Waals surface area contributed by atoms with Gasteiger partial charge in [-0.15, -0.1) is 0 Å². The number of imidazole rings is 2. The van der Waals surface area contributed by atoms with E-state index in [4.69, 9.17) is 20.9 Å². The van der Waals surface area contributed by atoms with Crippen LogP contribution in [0.15, 0.2) is 30.3 Å². The van der Waals surface area contributed by atoms with Crippen molar-refractivity contribution >= 4 is 57.6 Å². The third kappa shape index (κ3) is 7.19. The monoisotopic (exact) mass is 737 g/mol. The Morgan fingerprint density at radius 2 is 1.67 bits per heavy atom. The molecule has 0 fully saturated rings. The Morgan fingerprint density at radius 1 is 0.889 bits per heavy atom. The van der Waals surface area contributed by atoms with Crippen molar-refractivity contribution in [2.24, 2.45) is 18.5 Å². The molecule has 6 rings (SSSR count). The molecule has 6 aromatic rings. The lowest BCUT2D eigenvalue weighted by Crippen LogP contribution is -2.19. The lowest BCUT2D eigenvalue weighted by atomic mass is 9.99. The number of carbonyl (C=O) groups excluding carboxylic acids is 4. The molecular formula is C37H43N11O6. The summed E-state index contributed by atoms with van der Waals surface area (Å²) in [5.74, 6) is -0.889. The largest absolute Gasteiger partial charge is 0.494 e. The number of nitrogens with one attached hydrogen (secondary N) is 4. The number of aromatic amines is 2. The second kappa shape index (κ2) is 15.1. The molecule has 2 aromatic carbocycles. The number of nitrogens with zero attached hydrogens (tertiary/aromatic N) is 5. The molecule has 0 spiro atoms. The first-order chi connectivity index (χ1) is 25.8. The number of unbranched alkanes of at least 4 members (excludes halogenated alkanes) is 1. The average molecular weight is 738 g/mol. The number of amides is 4. The number of aromatic nitrogens is 7. The number of hydrogen-bond acceptors (Lipinski definition) is 9. The SMILES string of the molecule is CCc1[nH]c(C)cc1C(=O)Nc1nc2c(CCCCOc3cc(C(N)=O)cc4nc(NC(=O)c5cc(C)nn5CC)n(C)c34)c(C(N)=O)cc(OC)c2[nH]1. The van der Waals surface area contributed by atoms with Crippen molar-refractivity contribution in [2.75, 3.05) is 24.4 Å². The zero-order valence-corrected chi connectivity index (χ0v) is 31.0. The zero-order chi connectivity index (χ0) is 38.8. The van der Waals surface area contributed by atoms with Crippen LogP contribution in [0.3, 0.4) is 0 Å². The second-order valence-corrected chi connectivity index (χ2v) is 12.9. The molecule has 54 heavy (non-hydrogen) atoms. The predicted octanol–water partition coefficient (Wildman–Crippen LogP) is 4.29. The standard InChI is InChI=1S/C37H43N11O6/c1-7-24-23(13-18(3)40-24)34(51)44-36-42-29-21(22(33(39)50)17-27(53-6)30(29)43-36)11-9-10-12-54-28-16-20(32(38)49)15-25-31(28)47(5)37(41-25)45-35(52)26-14-19(4)46-48(26)8-2/h13-17,40H,7-12H2,1-6H3,(H2,38,49)(H2,39,50)(H,41,45,52)(H2,42,43,44,51). The van der Waals surface area contributed by atoms with Crippen molar-refractivity contribution in [2.45, 2.75) is 59.9 Å². The Labute approximate surface area is 309 Å². The van der Waals surface area contributed by atoms with E-state index in [1.165, 1.54) is 7.11 Å². The fourth-order valence-corrected chi connectivity index (χ4v) is 6.58. The molecule has 4 heterocycles. The van der Waals surface area contributed by atoms with Crippen LogP contribution < -0.4 is 31.6 Å². The van der Waals surface area contributed by atoms with Crippen LogP contribution in [0, 0.1) is 13.8 Å². The normalized spacial score (nSPS) is 11.3. The third-order valence-corrected chi connectivity index (χ3v) is 9.14. The summed E-state index contributed by atoms with van der Waals surface area (Å²) in [4.78, 5) is 66.8. The molecule has 0 aliphatic carbocycles. The van der Waals surface area contributed by atoms with Crippen molar-refractivity contribution < 1.29 is 28.7 Å². The van der Waals surface area contributed by atoms with E-state index in [2.05, 4.69) is 35.7 Å². The summed E-state index contributed by atoms with van der Waals surface area (Å²) in [6.45, 7) is 8.28. The van der Waals surface area contributed by atoms with Crippen LogP contribution in [0.5, 0.6) is 11.5 Å². The number of benzene rings is 2. The van der Waals surface area contributed by atoms with Gasteiger partial charge in [0.1, 0.15) is 28.2 Å². The van der Waals surface area contributed by atoms with Gasteiger partial charge in [-0.2, -0.15) is 5.10 Å². The Bertz CT molecular complexity index is 2430. The smallest absolute Gasteiger partial charge is 0.276 e. The quantitative estimate of drug-likeness (QED) is 0.0823. The number of primary amides is 2. The maximum absolute atomic E-state index is 13.2. The summed E-state index contributed by atoms with van der Waals surface area (Å²) < 4.78 is 15.0. The van der Waals surface area contributed by atoms with E-state index in [-0.39, 0.29) is 41.4 Å². The van der Waals surface area contributed by atoms with E-state index in [0.29, 0.717) is 88.3 Å². The number of methoxy groups -OCH3 is 1. The van der Waals surface area contributed by atoms with Gasteiger partial charge >= 0.3 is 0 Å². The highest BCUT2D eigenvalue weighted by atomic mass is 16.5. The summed E-state index contributed by atoms with van der Waals surface area (Å²) in [7, 11) is 3.20. The highest BCUT2D eigenvalue weighted by Crippen LogP contribution is 2.33. The summed E-state index contributed by atoms with van der Waals surface area (Å²) in [5.41, 5.74) is 17.7. The molecule has 0 unspecified atom stereocenters. The molecule has 8 N–H and O–H groups in total. The molecule has 17 heteroatoms. The van der Waals surface area contributed by atoms with Gasteiger partial charge in [0, 0.05) is 36.1 Å². The number of carbonyl (C=O) groups is 4. The van der Waals surface area contributed by atoms with Crippen molar-refractivity contribution in [1.29, 1.82) is 0 Å². The third-order valence-electron chi connectivity index (χ3n) is 9.14. The molecule has 0 saturated heterocycles. The highest BCUT2D eigenvalue weighted by Gasteiger charge is 2.23. The van der Waals surface area contributed by atoms with Gasteiger partial charge in [0.2, 0.25) is 23.7 Å². The molecule has 4 amide bonds. The maximum atomic E-state index is 13.2. The number of ether oxygens (including phenoxy) is 2. The predicted molar refractivity (Wildman–Crippen MR) is 202 cm³/mol. The molecule has 0 aliphatic rings. The Hall–Kier alpha value is -6.65. The molecule has 282 valence electrons. The van der Waals surface area contributed by atoms with Gasteiger partial charge < -0.3 is 35.5 Å². The van der Waals surface area contributed by atoms with Crippen molar-refractivity contribution in [3.05, 3.63) is 75.4 Å². The first kappa shape index (κ1) is 37.1. The summed E-state index contributed by atoms with van der Waals surface area (Å²) in [6, 6.07) is 8.13. The summed E-state index contributed by atoms with van der Waals surface area (Å²) in [5, 5.41) is 10.0. The second-order valence-electron chi connectivity index (χ2n) is 12.9. The van der Waals surface area contributed by atoms with Gasteiger partial charge in [0.15, 0.2) is 0 Å². The van der Waals surface area contributed by atoms with E-state index in [1.807, 2.05) is 27.7 Å². The van der Waals surface area contributed by atoms with Crippen molar-refractivity contribution in [3.8, 4) is 11.5 Å². The van der Waals surface area contributed by atoms with Gasteiger partial charge in [0.25, 0.3) is 11.8 Å². The van der Waals surface area contributed by atoms with Crippen LogP contribution in [-0.2, 0) is 26.4 Å². The Balaban J connectivity index is 1.21. The number of anilines is 2.